The number of likely N-dealkylation sites (tertiary alicyclic amines) is 1. The minimum Gasteiger partial charge on any atom is -0.355 e. The third-order valence-corrected chi connectivity index (χ3v) is 4.39. The molecule has 1 aromatic carbocycles. The van der Waals surface area contributed by atoms with Crippen molar-refractivity contribution in [2.45, 2.75) is 25.8 Å². The zero-order valence-corrected chi connectivity index (χ0v) is 14.5. The molecule has 0 saturated carbocycles. The number of amides is 3. The van der Waals surface area contributed by atoms with Gasteiger partial charge >= 0.3 is 6.03 Å². The molecular formula is C18H23N5O2. The van der Waals surface area contributed by atoms with Gasteiger partial charge in [-0.25, -0.2) is 4.79 Å². The van der Waals surface area contributed by atoms with E-state index in [1.807, 2.05) is 24.0 Å². The highest BCUT2D eigenvalue weighted by molar-refractivity contribution is 5.96. The zero-order valence-electron chi connectivity index (χ0n) is 14.5. The third-order valence-electron chi connectivity index (χ3n) is 4.39. The molecule has 132 valence electrons. The highest BCUT2D eigenvalue weighted by atomic mass is 16.2. The van der Waals surface area contributed by atoms with Gasteiger partial charge in [0.1, 0.15) is 0 Å². The highest BCUT2D eigenvalue weighted by Gasteiger charge is 2.25. The number of urea groups is 1. The van der Waals surface area contributed by atoms with Crippen LogP contribution in [0.1, 0.15) is 34.8 Å². The van der Waals surface area contributed by atoms with Crippen molar-refractivity contribution in [3.8, 4) is 0 Å². The number of carbonyl (C=O) groups is 2. The molecule has 25 heavy (non-hydrogen) atoms. The second kappa shape index (κ2) is 7.38. The maximum Gasteiger partial charge on any atom is 0.321 e. The maximum absolute atomic E-state index is 12.6. The van der Waals surface area contributed by atoms with Crippen LogP contribution in [0.5, 0.6) is 0 Å². The standard InChI is InChI=1S/C18H23N5O2/c1-13-10-20-23(11-13)16-7-4-8-22(12-16)18(25)21-15-6-3-5-14(9-15)17(24)19-2/h3,5-6,9-11,16H,4,7-8,12H2,1-2H3,(H,19,24)(H,21,25). The Morgan fingerprint density at radius 3 is 2.88 bits per heavy atom. The van der Waals surface area contributed by atoms with Gasteiger partial charge in [0.2, 0.25) is 0 Å². The average molecular weight is 341 g/mol. The first kappa shape index (κ1) is 17.0. The summed E-state index contributed by atoms with van der Waals surface area (Å²) in [5.41, 5.74) is 2.25. The van der Waals surface area contributed by atoms with Crippen molar-refractivity contribution >= 4 is 17.6 Å². The molecular weight excluding hydrogens is 318 g/mol. The number of benzene rings is 1. The molecule has 7 nitrogen and oxygen atoms in total. The lowest BCUT2D eigenvalue weighted by atomic mass is 10.1. The van der Waals surface area contributed by atoms with Crippen molar-refractivity contribution in [2.24, 2.45) is 0 Å². The van der Waals surface area contributed by atoms with Crippen molar-refractivity contribution in [1.82, 2.24) is 20.0 Å². The molecule has 1 aromatic heterocycles. The van der Waals surface area contributed by atoms with E-state index in [9.17, 15) is 9.59 Å². The molecule has 7 heteroatoms. The molecule has 0 aliphatic carbocycles. The van der Waals surface area contributed by atoms with Crippen molar-refractivity contribution in [2.75, 3.05) is 25.5 Å². The Hall–Kier alpha value is -2.83. The van der Waals surface area contributed by atoms with E-state index >= 15 is 0 Å². The first-order chi connectivity index (χ1) is 12.1. The van der Waals surface area contributed by atoms with E-state index < -0.39 is 0 Å². The van der Waals surface area contributed by atoms with E-state index in [-0.39, 0.29) is 18.0 Å². The van der Waals surface area contributed by atoms with Crippen LogP contribution in [0, 0.1) is 6.92 Å². The Labute approximate surface area is 147 Å². The van der Waals surface area contributed by atoms with E-state index in [1.165, 1.54) is 0 Å². The number of nitrogens with zero attached hydrogens (tertiary/aromatic N) is 3. The van der Waals surface area contributed by atoms with E-state index in [2.05, 4.69) is 15.7 Å². The van der Waals surface area contributed by atoms with Crippen molar-refractivity contribution in [1.29, 1.82) is 0 Å². The Balaban J connectivity index is 1.65. The number of nitrogens with one attached hydrogen (secondary N) is 2. The summed E-state index contributed by atoms with van der Waals surface area (Å²) >= 11 is 0. The molecule has 3 rings (SSSR count). The fourth-order valence-corrected chi connectivity index (χ4v) is 3.07. The topological polar surface area (TPSA) is 79.3 Å². The molecule has 1 aliphatic rings. The Morgan fingerprint density at radius 1 is 1.32 bits per heavy atom. The quantitative estimate of drug-likeness (QED) is 0.900. The van der Waals surface area contributed by atoms with E-state index in [4.69, 9.17) is 0 Å². The van der Waals surface area contributed by atoms with Gasteiger partial charge in [-0.3, -0.25) is 9.48 Å². The molecule has 0 spiro atoms. The van der Waals surface area contributed by atoms with Crippen LogP contribution in [0.2, 0.25) is 0 Å². The minimum atomic E-state index is -0.178. The largest absolute Gasteiger partial charge is 0.355 e. The van der Waals surface area contributed by atoms with Gasteiger partial charge < -0.3 is 15.5 Å². The highest BCUT2D eigenvalue weighted by Crippen LogP contribution is 2.22. The van der Waals surface area contributed by atoms with Crippen LogP contribution in [0.15, 0.2) is 36.7 Å². The Kier molecular flexibility index (Phi) is 5.02. The van der Waals surface area contributed by atoms with Crippen molar-refractivity contribution < 1.29 is 9.59 Å². The predicted molar refractivity (Wildman–Crippen MR) is 95.7 cm³/mol. The first-order valence-electron chi connectivity index (χ1n) is 8.45. The number of aryl methyl sites for hydroxylation is 1. The minimum absolute atomic E-state index is 0.150. The number of aromatic nitrogens is 2. The second-order valence-corrected chi connectivity index (χ2v) is 6.33. The zero-order chi connectivity index (χ0) is 17.8. The molecule has 2 N–H and O–H groups in total. The van der Waals surface area contributed by atoms with Gasteiger partial charge in [0.15, 0.2) is 0 Å². The van der Waals surface area contributed by atoms with Gasteiger partial charge in [-0.15, -0.1) is 0 Å². The normalized spacial score (nSPS) is 17.2. The predicted octanol–water partition coefficient (Wildman–Crippen LogP) is 2.42. The van der Waals surface area contributed by atoms with Gasteiger partial charge in [0.25, 0.3) is 5.91 Å². The van der Waals surface area contributed by atoms with E-state index in [0.29, 0.717) is 17.8 Å². The number of anilines is 1. The lowest BCUT2D eigenvalue weighted by molar-refractivity contribution is 0.0963. The molecule has 0 radical (unpaired) electrons. The number of rotatable bonds is 3. The van der Waals surface area contributed by atoms with E-state index in [0.717, 1.165) is 24.9 Å². The summed E-state index contributed by atoms with van der Waals surface area (Å²) in [6.07, 6.45) is 5.80. The van der Waals surface area contributed by atoms with Crippen LogP contribution in [0.4, 0.5) is 10.5 Å². The molecule has 0 bridgehead atoms. The van der Waals surface area contributed by atoms with Gasteiger partial charge in [0.05, 0.1) is 12.2 Å². The summed E-state index contributed by atoms with van der Waals surface area (Å²) in [5.74, 6) is -0.178. The molecule has 1 fully saturated rings. The SMILES string of the molecule is CNC(=O)c1cccc(NC(=O)N2CCCC(n3cc(C)cn3)C2)c1. The van der Waals surface area contributed by atoms with Crippen LogP contribution in [0.3, 0.4) is 0 Å². The monoisotopic (exact) mass is 341 g/mol. The fraction of sp³-hybridized carbons (Fsp3) is 0.389. The van der Waals surface area contributed by atoms with Gasteiger partial charge in [-0.05, 0) is 43.5 Å². The number of hydrogen-bond donors (Lipinski definition) is 2. The lowest BCUT2D eigenvalue weighted by Crippen LogP contribution is -2.43. The van der Waals surface area contributed by atoms with Crippen LogP contribution >= 0.6 is 0 Å². The number of carbonyl (C=O) groups excluding carboxylic acids is 2. The lowest BCUT2D eigenvalue weighted by Gasteiger charge is -2.32. The molecule has 3 amide bonds. The number of hydrogen-bond acceptors (Lipinski definition) is 3. The van der Waals surface area contributed by atoms with Crippen molar-refractivity contribution in [3.05, 3.63) is 47.8 Å². The summed E-state index contributed by atoms with van der Waals surface area (Å²) < 4.78 is 1.95. The first-order valence-corrected chi connectivity index (χ1v) is 8.45. The summed E-state index contributed by atoms with van der Waals surface area (Å²) in [7, 11) is 1.58. The van der Waals surface area contributed by atoms with Gasteiger partial charge in [-0.1, -0.05) is 6.07 Å². The van der Waals surface area contributed by atoms with Gasteiger partial charge in [-0.2, -0.15) is 5.10 Å². The Morgan fingerprint density at radius 2 is 2.16 bits per heavy atom. The van der Waals surface area contributed by atoms with E-state index in [1.54, 1.807) is 36.2 Å². The Bertz CT molecular complexity index is 770. The molecule has 1 aliphatic heterocycles. The maximum atomic E-state index is 12.6. The second-order valence-electron chi connectivity index (χ2n) is 6.33. The average Bonchev–Trinajstić information content (AvgIpc) is 3.08. The van der Waals surface area contributed by atoms with Crippen LogP contribution < -0.4 is 10.6 Å². The molecule has 1 saturated heterocycles. The van der Waals surface area contributed by atoms with Crippen LogP contribution in [0.25, 0.3) is 0 Å². The summed E-state index contributed by atoms with van der Waals surface area (Å²) in [5, 5.41) is 9.84. The van der Waals surface area contributed by atoms with Crippen molar-refractivity contribution in [3.63, 3.8) is 0 Å². The summed E-state index contributed by atoms with van der Waals surface area (Å²) in [4.78, 5) is 26.1. The van der Waals surface area contributed by atoms with Gasteiger partial charge in [0, 0.05) is 37.6 Å². The summed E-state index contributed by atoms with van der Waals surface area (Å²) in [6, 6.07) is 6.97. The number of piperidine rings is 1. The smallest absolute Gasteiger partial charge is 0.321 e. The molecule has 1 unspecified atom stereocenters. The van der Waals surface area contributed by atoms with Crippen LogP contribution in [-0.4, -0.2) is 46.8 Å². The molecule has 2 heterocycles. The fourth-order valence-electron chi connectivity index (χ4n) is 3.07. The summed E-state index contributed by atoms with van der Waals surface area (Å²) in [6.45, 7) is 3.36. The molecule has 1 atom stereocenters. The molecule has 2 aromatic rings. The van der Waals surface area contributed by atoms with Crippen LogP contribution in [-0.2, 0) is 0 Å². The third kappa shape index (κ3) is 3.99.